The number of amides is 2. The normalized spacial score (nSPS) is 16.0. The van der Waals surface area contributed by atoms with Crippen LogP contribution < -0.4 is 10.6 Å². The predicted molar refractivity (Wildman–Crippen MR) is 139 cm³/mol. The topological polar surface area (TPSA) is 58.2 Å². The minimum absolute atomic E-state index is 0.0482. The Morgan fingerprint density at radius 2 is 1.29 bits per heavy atom. The first kappa shape index (κ1) is 23.7. The maximum Gasteiger partial charge on any atom is 0.228 e. The van der Waals surface area contributed by atoms with Crippen molar-refractivity contribution >= 4 is 23.2 Å². The maximum atomic E-state index is 12.3. The summed E-state index contributed by atoms with van der Waals surface area (Å²) in [5.74, 6) is 0.289. The van der Waals surface area contributed by atoms with Gasteiger partial charge in [0.1, 0.15) is 0 Å². The number of rotatable bonds is 9. The molecule has 34 heavy (non-hydrogen) atoms. The highest BCUT2D eigenvalue weighted by molar-refractivity contribution is 5.95. The van der Waals surface area contributed by atoms with E-state index < -0.39 is 0 Å². The van der Waals surface area contributed by atoms with Crippen molar-refractivity contribution in [2.45, 2.75) is 52.9 Å². The number of benzene rings is 3. The fourth-order valence-corrected chi connectivity index (χ4v) is 4.22. The summed E-state index contributed by atoms with van der Waals surface area (Å²) in [5.41, 5.74) is 6.68. The second-order valence-corrected chi connectivity index (χ2v) is 10.2. The van der Waals surface area contributed by atoms with Crippen molar-refractivity contribution < 1.29 is 9.59 Å². The number of anilines is 2. The van der Waals surface area contributed by atoms with Crippen LogP contribution in [0.3, 0.4) is 0 Å². The monoisotopic (exact) mass is 454 g/mol. The molecule has 1 aliphatic carbocycles. The Hall–Kier alpha value is -3.40. The van der Waals surface area contributed by atoms with Crippen LogP contribution >= 0.6 is 0 Å². The van der Waals surface area contributed by atoms with Gasteiger partial charge in [-0.3, -0.25) is 9.59 Å². The van der Waals surface area contributed by atoms with Crippen molar-refractivity contribution in [2.24, 2.45) is 11.3 Å². The van der Waals surface area contributed by atoms with Crippen LogP contribution in [0.5, 0.6) is 0 Å². The molecule has 3 aromatic carbocycles. The molecule has 0 heterocycles. The van der Waals surface area contributed by atoms with Gasteiger partial charge in [-0.1, -0.05) is 67.9 Å². The smallest absolute Gasteiger partial charge is 0.228 e. The predicted octanol–water partition coefficient (Wildman–Crippen LogP) is 6.53. The van der Waals surface area contributed by atoms with Crippen molar-refractivity contribution in [3.63, 3.8) is 0 Å². The number of aryl methyl sites for hydroxylation is 2. The molecule has 4 rings (SSSR count). The van der Waals surface area contributed by atoms with E-state index in [1.807, 2.05) is 36.4 Å². The third-order valence-corrected chi connectivity index (χ3v) is 6.69. The van der Waals surface area contributed by atoms with Crippen LogP contribution in [0.25, 0.3) is 0 Å². The number of hydrogen-bond donors (Lipinski definition) is 2. The first-order chi connectivity index (χ1) is 16.3. The second-order valence-electron chi connectivity index (χ2n) is 10.2. The van der Waals surface area contributed by atoms with Gasteiger partial charge in [-0.25, -0.2) is 0 Å². The van der Waals surface area contributed by atoms with Gasteiger partial charge in [0.15, 0.2) is 0 Å². The fraction of sp³-hybridized carbons (Fsp3) is 0.333. The zero-order chi connectivity index (χ0) is 24.1. The minimum Gasteiger partial charge on any atom is -0.326 e. The number of carbonyl (C=O) groups excluding carboxylic acids is 2. The molecular weight excluding hydrogens is 420 g/mol. The molecule has 2 N–H and O–H groups in total. The van der Waals surface area contributed by atoms with Crippen molar-refractivity contribution in [1.29, 1.82) is 0 Å². The molecule has 2 amide bonds. The lowest BCUT2D eigenvalue weighted by atomic mass is 10.0. The maximum absolute atomic E-state index is 12.3. The summed E-state index contributed by atoms with van der Waals surface area (Å²) in [7, 11) is 0. The Morgan fingerprint density at radius 3 is 1.82 bits per heavy atom. The molecule has 4 nitrogen and oxygen atoms in total. The number of hydrogen-bond acceptors (Lipinski definition) is 2. The molecule has 0 aromatic heterocycles. The summed E-state index contributed by atoms with van der Waals surface area (Å²) in [5, 5.41) is 6.02. The molecular formula is C30H34N2O2. The van der Waals surface area contributed by atoms with E-state index in [4.69, 9.17) is 0 Å². The van der Waals surface area contributed by atoms with E-state index in [9.17, 15) is 9.59 Å². The molecule has 1 fully saturated rings. The first-order valence-corrected chi connectivity index (χ1v) is 12.1. The average Bonchev–Trinajstić information content (AvgIpc) is 3.46. The SMILES string of the molecule is Cc1ccc(CCCC(=O)Nc2ccc(Cc3ccc(NC(=O)C4CC4(C)C)cc3)cc2)cc1. The highest BCUT2D eigenvalue weighted by Gasteiger charge is 2.50. The third-order valence-electron chi connectivity index (χ3n) is 6.69. The molecule has 0 bridgehead atoms. The zero-order valence-corrected chi connectivity index (χ0v) is 20.4. The summed E-state index contributed by atoms with van der Waals surface area (Å²) in [6.45, 7) is 6.34. The molecule has 3 aromatic rings. The third kappa shape index (κ3) is 6.57. The molecule has 1 saturated carbocycles. The van der Waals surface area contributed by atoms with Gasteiger partial charge in [0.05, 0.1) is 0 Å². The van der Waals surface area contributed by atoms with Gasteiger partial charge in [0.25, 0.3) is 0 Å². The van der Waals surface area contributed by atoms with Crippen LogP contribution in [0.1, 0.15) is 55.4 Å². The van der Waals surface area contributed by atoms with Gasteiger partial charge < -0.3 is 10.6 Å². The van der Waals surface area contributed by atoms with Gasteiger partial charge in [-0.2, -0.15) is 0 Å². The summed E-state index contributed by atoms with van der Waals surface area (Å²) in [6.07, 6.45) is 4.02. The molecule has 176 valence electrons. The molecule has 0 radical (unpaired) electrons. The minimum atomic E-state index is 0.0482. The number of nitrogens with one attached hydrogen (secondary N) is 2. The van der Waals surface area contributed by atoms with Gasteiger partial charge in [0.2, 0.25) is 11.8 Å². The van der Waals surface area contributed by atoms with Gasteiger partial charge in [-0.05, 0) is 79.0 Å². The zero-order valence-electron chi connectivity index (χ0n) is 20.4. The molecule has 4 heteroatoms. The average molecular weight is 455 g/mol. The molecule has 0 saturated heterocycles. The quantitative estimate of drug-likeness (QED) is 0.386. The Bertz CT molecular complexity index is 1130. The van der Waals surface area contributed by atoms with E-state index in [0.717, 1.165) is 37.1 Å². The van der Waals surface area contributed by atoms with Gasteiger partial charge in [-0.15, -0.1) is 0 Å². The highest BCUT2D eigenvalue weighted by atomic mass is 16.2. The van der Waals surface area contributed by atoms with Crippen molar-refractivity contribution in [1.82, 2.24) is 0 Å². The van der Waals surface area contributed by atoms with Crippen LogP contribution in [0.2, 0.25) is 0 Å². The van der Waals surface area contributed by atoms with Crippen LogP contribution in [0.4, 0.5) is 11.4 Å². The van der Waals surface area contributed by atoms with E-state index in [1.165, 1.54) is 22.3 Å². The van der Waals surface area contributed by atoms with E-state index in [-0.39, 0.29) is 23.1 Å². The summed E-state index contributed by atoms with van der Waals surface area (Å²) in [6, 6.07) is 24.5. The fourth-order valence-electron chi connectivity index (χ4n) is 4.22. The van der Waals surface area contributed by atoms with Crippen molar-refractivity contribution in [3.8, 4) is 0 Å². The van der Waals surface area contributed by atoms with Crippen LogP contribution in [-0.4, -0.2) is 11.8 Å². The molecule has 1 unspecified atom stereocenters. The standard InChI is InChI=1S/C30H34N2O2/c1-21-7-9-22(10-8-21)5-4-6-28(33)31-25-15-11-23(12-16-25)19-24-13-17-26(18-14-24)32-29(34)27-20-30(27,2)3/h7-18,27H,4-6,19-20H2,1-3H3,(H,31,33)(H,32,34). The van der Waals surface area contributed by atoms with Gasteiger partial charge >= 0.3 is 0 Å². The Balaban J connectivity index is 1.21. The lowest BCUT2D eigenvalue weighted by Crippen LogP contribution is -2.16. The van der Waals surface area contributed by atoms with Crippen LogP contribution in [0, 0.1) is 18.3 Å². The second kappa shape index (κ2) is 10.3. The van der Waals surface area contributed by atoms with E-state index in [0.29, 0.717) is 6.42 Å². The van der Waals surface area contributed by atoms with Gasteiger partial charge in [0, 0.05) is 23.7 Å². The van der Waals surface area contributed by atoms with Crippen LogP contribution in [-0.2, 0) is 22.4 Å². The van der Waals surface area contributed by atoms with Crippen molar-refractivity contribution in [3.05, 3.63) is 95.1 Å². The lowest BCUT2D eigenvalue weighted by molar-refractivity contribution is -0.118. The molecule has 1 atom stereocenters. The largest absolute Gasteiger partial charge is 0.326 e. The summed E-state index contributed by atoms with van der Waals surface area (Å²) in [4.78, 5) is 24.5. The molecule has 0 aliphatic heterocycles. The van der Waals surface area contributed by atoms with Crippen molar-refractivity contribution in [2.75, 3.05) is 10.6 Å². The summed E-state index contributed by atoms with van der Waals surface area (Å²) < 4.78 is 0. The van der Waals surface area contributed by atoms with E-state index in [1.54, 1.807) is 0 Å². The number of carbonyl (C=O) groups is 2. The first-order valence-electron chi connectivity index (χ1n) is 12.1. The van der Waals surface area contributed by atoms with Crippen LogP contribution in [0.15, 0.2) is 72.8 Å². The molecule has 0 spiro atoms. The Morgan fingerprint density at radius 1 is 0.794 bits per heavy atom. The molecule has 1 aliphatic rings. The summed E-state index contributed by atoms with van der Waals surface area (Å²) >= 11 is 0. The highest BCUT2D eigenvalue weighted by Crippen LogP contribution is 2.51. The van der Waals surface area contributed by atoms with E-state index >= 15 is 0 Å². The Kier molecular flexibility index (Phi) is 7.16. The lowest BCUT2D eigenvalue weighted by Gasteiger charge is -2.09. The van der Waals surface area contributed by atoms with E-state index in [2.05, 4.69) is 67.8 Å². The Labute approximate surface area is 202 Å².